The molecule has 2 aliphatic rings. The zero-order valence-electron chi connectivity index (χ0n) is 20.3. The van der Waals surface area contributed by atoms with Crippen molar-refractivity contribution in [3.63, 3.8) is 0 Å². The highest BCUT2D eigenvalue weighted by Crippen LogP contribution is 2.39. The Labute approximate surface area is 207 Å². The molecule has 2 heterocycles. The molecule has 1 aliphatic carbocycles. The van der Waals surface area contributed by atoms with Crippen LogP contribution in [0.25, 0.3) is 22.4 Å². The van der Waals surface area contributed by atoms with E-state index in [-0.39, 0.29) is 35.8 Å². The summed E-state index contributed by atoms with van der Waals surface area (Å²) in [6, 6.07) is 6.09. The molecule has 36 heavy (non-hydrogen) atoms. The van der Waals surface area contributed by atoms with E-state index >= 15 is 0 Å². The fourth-order valence-electron chi connectivity index (χ4n) is 4.42. The molecule has 10 heteroatoms. The second-order valence-corrected chi connectivity index (χ2v) is 9.40. The van der Waals surface area contributed by atoms with Crippen LogP contribution < -0.4 is 10.6 Å². The summed E-state index contributed by atoms with van der Waals surface area (Å²) < 4.78 is 60.8. The van der Waals surface area contributed by atoms with Crippen LogP contribution in [0.1, 0.15) is 30.7 Å². The molecule has 0 spiro atoms. The van der Waals surface area contributed by atoms with Crippen molar-refractivity contribution in [2.24, 2.45) is 0 Å². The second-order valence-electron chi connectivity index (χ2n) is 9.40. The van der Waals surface area contributed by atoms with Gasteiger partial charge < -0.3 is 20.3 Å². The third-order valence-electron chi connectivity index (χ3n) is 6.79. The molecule has 2 atom stereocenters. The lowest BCUT2D eigenvalue weighted by Crippen LogP contribution is -2.46. The van der Waals surface area contributed by atoms with Crippen molar-refractivity contribution in [2.45, 2.75) is 43.3 Å². The van der Waals surface area contributed by atoms with Gasteiger partial charge in [0.2, 0.25) is 0 Å². The molecule has 6 nitrogen and oxygen atoms in total. The van der Waals surface area contributed by atoms with Gasteiger partial charge in [-0.2, -0.15) is 13.2 Å². The number of piperidine rings is 1. The highest BCUT2D eigenvalue weighted by molar-refractivity contribution is 6.01. The van der Waals surface area contributed by atoms with E-state index in [2.05, 4.69) is 22.2 Å². The predicted molar refractivity (Wildman–Crippen MR) is 132 cm³/mol. The zero-order chi connectivity index (χ0) is 26.1. The van der Waals surface area contributed by atoms with E-state index in [1.165, 1.54) is 7.11 Å². The van der Waals surface area contributed by atoms with Crippen LogP contribution in [0.2, 0.25) is 0 Å². The summed E-state index contributed by atoms with van der Waals surface area (Å²) in [6.07, 6.45) is -0.753. The Morgan fingerprint density at radius 1 is 1.33 bits per heavy atom. The Bertz CT molecular complexity index is 1180. The molecule has 1 aromatic heterocycles. The van der Waals surface area contributed by atoms with Crippen LogP contribution >= 0.6 is 0 Å². The van der Waals surface area contributed by atoms with Crippen LogP contribution in [0.15, 0.2) is 36.9 Å². The Hall–Kier alpha value is -2.98. The molecule has 1 aromatic carbocycles. The number of carbonyl (C=O) groups is 1. The first kappa shape index (κ1) is 26.1. The number of rotatable bonds is 8. The summed E-state index contributed by atoms with van der Waals surface area (Å²) in [5, 5.41) is 6.70. The number of nitrogens with one attached hydrogen (secondary N) is 2. The second kappa shape index (κ2) is 10.2. The van der Waals surface area contributed by atoms with Crippen LogP contribution in [-0.2, 0) is 9.53 Å². The lowest BCUT2D eigenvalue weighted by Gasteiger charge is -2.33. The molecule has 2 aromatic rings. The Balaban J connectivity index is 1.64. The number of alkyl halides is 4. The van der Waals surface area contributed by atoms with Gasteiger partial charge in [0.1, 0.15) is 11.8 Å². The number of anilines is 1. The van der Waals surface area contributed by atoms with Crippen molar-refractivity contribution in [1.29, 1.82) is 0 Å². The smallest absolute Gasteiger partial charge is 0.379 e. The van der Waals surface area contributed by atoms with Gasteiger partial charge >= 0.3 is 6.18 Å². The molecular weight excluding hydrogens is 476 g/mol. The third-order valence-corrected chi connectivity index (χ3v) is 6.79. The van der Waals surface area contributed by atoms with Gasteiger partial charge in [0, 0.05) is 43.2 Å². The van der Waals surface area contributed by atoms with Crippen molar-refractivity contribution >= 4 is 34.0 Å². The first-order valence-electron chi connectivity index (χ1n) is 11.8. The van der Waals surface area contributed by atoms with Gasteiger partial charge in [0.15, 0.2) is 0 Å². The highest BCUT2D eigenvalue weighted by atomic mass is 19.4. The standard InChI is InChI=1S/C26H30F4N4O2/c1-16(26(28,29)30)23-18-7-4-8-21(33-22-9-13-34(2)15-20(22)27)19(18)14-17(32-23)6-5-12-31-24(35)25(36-3)10-11-25/h4-8,14,20,22,33H,1,9-13,15H2,2-3H3,(H,31,35)/b6-5+/t20-,22+/m0/s1. The molecule has 1 aliphatic heterocycles. The number of ether oxygens (including phenoxy) is 1. The number of pyridine rings is 1. The summed E-state index contributed by atoms with van der Waals surface area (Å²) in [7, 11) is 3.33. The molecule has 2 fully saturated rings. The Morgan fingerprint density at radius 2 is 2.08 bits per heavy atom. The van der Waals surface area contributed by atoms with E-state index < -0.39 is 29.6 Å². The van der Waals surface area contributed by atoms with E-state index in [0.717, 1.165) is 0 Å². The maximum absolute atomic E-state index is 14.7. The molecule has 0 bridgehead atoms. The summed E-state index contributed by atoms with van der Waals surface area (Å²) in [4.78, 5) is 18.3. The first-order valence-corrected chi connectivity index (χ1v) is 11.8. The molecule has 0 unspecified atom stereocenters. The van der Waals surface area contributed by atoms with Crippen molar-refractivity contribution in [3.8, 4) is 0 Å². The van der Waals surface area contributed by atoms with Gasteiger partial charge in [0.25, 0.3) is 5.91 Å². The summed E-state index contributed by atoms with van der Waals surface area (Å²) in [5.74, 6) is -0.224. The van der Waals surface area contributed by atoms with Crippen molar-refractivity contribution in [3.05, 3.63) is 48.3 Å². The quantitative estimate of drug-likeness (QED) is 0.514. The number of aromatic nitrogens is 1. The van der Waals surface area contributed by atoms with E-state index in [9.17, 15) is 22.4 Å². The largest absolute Gasteiger partial charge is 0.417 e. The van der Waals surface area contributed by atoms with Crippen LogP contribution in [-0.4, -0.2) is 73.6 Å². The van der Waals surface area contributed by atoms with Crippen LogP contribution in [0, 0.1) is 0 Å². The number of hydrogen-bond donors (Lipinski definition) is 2. The number of methoxy groups -OCH3 is 1. The van der Waals surface area contributed by atoms with Crippen LogP contribution in [0.5, 0.6) is 0 Å². The van der Waals surface area contributed by atoms with Gasteiger partial charge in [-0.25, -0.2) is 9.37 Å². The van der Waals surface area contributed by atoms with Gasteiger partial charge in [-0.05, 0) is 44.5 Å². The number of benzene rings is 1. The highest BCUT2D eigenvalue weighted by Gasteiger charge is 2.50. The minimum absolute atomic E-state index is 0.165. The van der Waals surface area contributed by atoms with E-state index in [0.29, 0.717) is 36.9 Å². The molecule has 1 saturated carbocycles. The number of hydrogen-bond acceptors (Lipinski definition) is 5. The van der Waals surface area contributed by atoms with Crippen LogP contribution in [0.4, 0.5) is 23.2 Å². The summed E-state index contributed by atoms with van der Waals surface area (Å²) >= 11 is 0. The Kier molecular flexibility index (Phi) is 7.38. The number of amides is 1. The SMILES string of the molecule is C=C(c1nc(/C=C/CNC(=O)C2(OC)CC2)cc2c(N[C@@H]3CCN(C)C[C@@H]3F)cccc12)C(F)(F)F. The lowest BCUT2D eigenvalue weighted by atomic mass is 9.99. The summed E-state index contributed by atoms with van der Waals surface area (Å²) in [5.41, 5.74) is -1.33. The van der Waals surface area contributed by atoms with Gasteiger partial charge in [-0.15, -0.1) is 0 Å². The minimum Gasteiger partial charge on any atom is -0.379 e. The van der Waals surface area contributed by atoms with Crippen molar-refractivity contribution in [2.75, 3.05) is 39.1 Å². The number of carbonyl (C=O) groups excluding carboxylic acids is 1. The van der Waals surface area contributed by atoms with E-state index in [1.807, 2.05) is 11.9 Å². The van der Waals surface area contributed by atoms with E-state index in [4.69, 9.17) is 4.74 Å². The lowest BCUT2D eigenvalue weighted by molar-refractivity contribution is -0.133. The van der Waals surface area contributed by atoms with E-state index in [1.54, 1.807) is 36.4 Å². The van der Waals surface area contributed by atoms with Crippen molar-refractivity contribution in [1.82, 2.24) is 15.2 Å². The van der Waals surface area contributed by atoms with Crippen LogP contribution in [0.3, 0.4) is 0 Å². The van der Waals surface area contributed by atoms with Gasteiger partial charge in [-0.1, -0.05) is 24.8 Å². The molecule has 1 saturated heterocycles. The molecule has 2 N–H and O–H groups in total. The van der Waals surface area contributed by atoms with Gasteiger partial charge in [-0.3, -0.25) is 4.79 Å². The van der Waals surface area contributed by atoms with Crippen molar-refractivity contribution < 1.29 is 27.1 Å². The molecule has 1 amide bonds. The molecule has 194 valence electrons. The average Bonchev–Trinajstić information content (AvgIpc) is 3.64. The normalized spacial score (nSPS) is 22.1. The number of halogens is 4. The van der Waals surface area contributed by atoms with Gasteiger partial charge in [0.05, 0.1) is 23.0 Å². The fourth-order valence-corrected chi connectivity index (χ4v) is 4.42. The Morgan fingerprint density at radius 3 is 2.72 bits per heavy atom. The minimum atomic E-state index is -4.67. The number of fused-ring (bicyclic) bond motifs is 1. The fraction of sp³-hybridized carbons (Fsp3) is 0.462. The topological polar surface area (TPSA) is 66.5 Å². The molecular formula is C26H30F4N4O2. The maximum atomic E-state index is 14.7. The molecule has 4 rings (SSSR count). The maximum Gasteiger partial charge on any atom is 0.417 e. The first-order chi connectivity index (χ1) is 17.0. The number of allylic oxidation sites excluding steroid dienone is 1. The summed E-state index contributed by atoms with van der Waals surface area (Å²) in [6.45, 7) is 4.41. The third kappa shape index (κ3) is 5.54. The number of likely N-dealkylation sites (tertiary alicyclic amines) is 1. The average molecular weight is 507 g/mol. The predicted octanol–water partition coefficient (Wildman–Crippen LogP) is 4.57. The molecule has 0 radical (unpaired) electrons. The monoisotopic (exact) mass is 506 g/mol. The number of nitrogens with zero attached hydrogens (tertiary/aromatic N) is 2. The zero-order valence-corrected chi connectivity index (χ0v) is 20.3.